The molecule has 1 saturated heterocycles. The summed E-state index contributed by atoms with van der Waals surface area (Å²) < 4.78 is 32.5. The van der Waals surface area contributed by atoms with E-state index in [-0.39, 0.29) is 10.5 Å². The van der Waals surface area contributed by atoms with Crippen molar-refractivity contribution >= 4 is 35.2 Å². The molecular formula is C9H9F2IN2OS. The first kappa shape index (κ1) is 12.5. The normalized spacial score (nSPS) is 27.6. The van der Waals surface area contributed by atoms with Crippen molar-refractivity contribution in [2.75, 3.05) is 6.73 Å². The van der Waals surface area contributed by atoms with Gasteiger partial charge in [0.1, 0.15) is 6.73 Å². The molecule has 16 heavy (non-hydrogen) atoms. The van der Waals surface area contributed by atoms with E-state index in [9.17, 15) is 8.96 Å². The molecule has 7 heteroatoms. The summed E-state index contributed by atoms with van der Waals surface area (Å²) in [5, 5.41) is -2.01. The molecule has 2 rings (SSSR count). The van der Waals surface area contributed by atoms with Crippen LogP contribution >= 0.6 is 35.2 Å². The fourth-order valence-electron chi connectivity index (χ4n) is 1.56. The molecule has 0 radical (unpaired) electrons. The van der Waals surface area contributed by atoms with Gasteiger partial charge in [-0.3, -0.25) is 0 Å². The Morgan fingerprint density at radius 2 is 2.19 bits per heavy atom. The molecule has 88 valence electrons. The van der Waals surface area contributed by atoms with Crippen molar-refractivity contribution in [3.05, 3.63) is 32.9 Å². The van der Waals surface area contributed by atoms with Crippen molar-refractivity contribution in [1.29, 1.82) is 0 Å². The standard InChI is InChI=1S/C9H9F2IN2OS/c1-6-4-7(12)2-3-8(6)9(16)14(11)13(10)5-15-9/h2-4,16H,5H2,1H3. The van der Waals surface area contributed by atoms with Gasteiger partial charge in [-0.15, -0.1) is 21.6 Å². The van der Waals surface area contributed by atoms with Gasteiger partial charge in [-0.05, 0) is 52.4 Å². The average molecular weight is 358 g/mol. The summed E-state index contributed by atoms with van der Waals surface area (Å²) in [4.78, 5) is 0. The van der Waals surface area contributed by atoms with Crippen molar-refractivity contribution in [1.82, 2.24) is 10.5 Å². The zero-order valence-corrected chi connectivity index (χ0v) is 11.4. The van der Waals surface area contributed by atoms with Gasteiger partial charge in [0.2, 0.25) is 5.06 Å². The number of thiol groups is 1. The maximum atomic E-state index is 13.5. The van der Waals surface area contributed by atoms with Gasteiger partial charge in [-0.2, -0.15) is 0 Å². The first-order chi connectivity index (χ1) is 7.45. The number of benzene rings is 1. The monoisotopic (exact) mass is 358 g/mol. The highest BCUT2D eigenvalue weighted by Gasteiger charge is 2.48. The van der Waals surface area contributed by atoms with Crippen LogP contribution in [0.2, 0.25) is 0 Å². The number of hydrogen-bond acceptors (Lipinski definition) is 4. The summed E-state index contributed by atoms with van der Waals surface area (Å²) in [5.74, 6) is 0. The Balaban J connectivity index is 2.44. The number of nitrogens with zero attached hydrogens (tertiary/aromatic N) is 2. The predicted molar refractivity (Wildman–Crippen MR) is 66.4 cm³/mol. The Bertz CT molecular complexity index is 422. The minimum atomic E-state index is -1.69. The molecule has 0 N–H and O–H groups in total. The lowest BCUT2D eigenvalue weighted by molar-refractivity contribution is -0.269. The Hall–Kier alpha value is 0.0400. The Morgan fingerprint density at radius 1 is 1.50 bits per heavy atom. The molecule has 1 aromatic carbocycles. The molecule has 1 atom stereocenters. The van der Waals surface area contributed by atoms with E-state index in [0.29, 0.717) is 5.56 Å². The van der Waals surface area contributed by atoms with Crippen LogP contribution in [0.4, 0.5) is 8.96 Å². The lowest BCUT2D eigenvalue weighted by Crippen LogP contribution is -2.36. The topological polar surface area (TPSA) is 15.7 Å². The number of hydrogen-bond donors (Lipinski definition) is 1. The lowest BCUT2D eigenvalue weighted by Gasteiger charge is -2.26. The van der Waals surface area contributed by atoms with Crippen molar-refractivity contribution in [3.63, 3.8) is 0 Å². The van der Waals surface area contributed by atoms with Crippen LogP contribution in [0.25, 0.3) is 0 Å². The smallest absolute Gasteiger partial charge is 0.239 e. The van der Waals surface area contributed by atoms with Crippen LogP contribution in [-0.4, -0.2) is 17.2 Å². The van der Waals surface area contributed by atoms with Crippen LogP contribution in [0.5, 0.6) is 0 Å². The molecule has 1 fully saturated rings. The van der Waals surface area contributed by atoms with E-state index in [0.717, 1.165) is 9.13 Å². The van der Waals surface area contributed by atoms with Gasteiger partial charge in [0.05, 0.1) is 0 Å². The molecule has 0 amide bonds. The van der Waals surface area contributed by atoms with Gasteiger partial charge in [0, 0.05) is 14.4 Å². The number of rotatable bonds is 1. The molecule has 3 nitrogen and oxygen atoms in total. The zero-order valence-electron chi connectivity index (χ0n) is 8.32. The summed E-state index contributed by atoms with van der Waals surface area (Å²) in [5.41, 5.74) is 1.28. The first-order valence-corrected chi connectivity index (χ1v) is 6.00. The van der Waals surface area contributed by atoms with E-state index >= 15 is 0 Å². The fraction of sp³-hybridized carbons (Fsp3) is 0.333. The maximum absolute atomic E-state index is 13.5. The predicted octanol–water partition coefficient (Wildman–Crippen LogP) is 2.92. The van der Waals surface area contributed by atoms with Gasteiger partial charge in [-0.1, -0.05) is 6.07 Å². The highest BCUT2D eigenvalue weighted by atomic mass is 127. The van der Waals surface area contributed by atoms with Gasteiger partial charge in [0.15, 0.2) is 0 Å². The first-order valence-electron chi connectivity index (χ1n) is 4.47. The number of hydrazine groups is 1. The highest BCUT2D eigenvalue weighted by Crippen LogP contribution is 2.42. The van der Waals surface area contributed by atoms with Crippen LogP contribution in [0.1, 0.15) is 11.1 Å². The van der Waals surface area contributed by atoms with Crippen molar-refractivity contribution < 1.29 is 13.7 Å². The second kappa shape index (κ2) is 4.37. The second-order valence-electron chi connectivity index (χ2n) is 3.44. The van der Waals surface area contributed by atoms with Crippen LogP contribution in [0, 0.1) is 10.5 Å². The third-order valence-electron chi connectivity index (χ3n) is 2.35. The summed E-state index contributed by atoms with van der Waals surface area (Å²) in [6, 6.07) is 5.32. The third kappa shape index (κ3) is 1.94. The fourth-order valence-corrected chi connectivity index (χ4v) is 2.62. The summed E-state index contributed by atoms with van der Waals surface area (Å²) in [6.07, 6.45) is 0. The molecule has 0 aromatic heterocycles. The van der Waals surface area contributed by atoms with Crippen LogP contribution in [-0.2, 0) is 9.79 Å². The molecule has 1 aliphatic heterocycles. The zero-order chi connectivity index (χ0) is 11.9. The van der Waals surface area contributed by atoms with E-state index in [1.807, 2.05) is 6.07 Å². The van der Waals surface area contributed by atoms with Crippen LogP contribution in [0.15, 0.2) is 18.2 Å². The Morgan fingerprint density at radius 3 is 2.69 bits per heavy atom. The van der Waals surface area contributed by atoms with E-state index in [4.69, 9.17) is 4.74 Å². The van der Waals surface area contributed by atoms with Crippen molar-refractivity contribution in [2.45, 2.75) is 12.0 Å². The third-order valence-corrected chi connectivity index (χ3v) is 3.56. The van der Waals surface area contributed by atoms with E-state index in [1.54, 1.807) is 19.1 Å². The molecule has 1 heterocycles. The van der Waals surface area contributed by atoms with Gasteiger partial charge >= 0.3 is 0 Å². The summed E-state index contributed by atoms with van der Waals surface area (Å²) >= 11 is 6.22. The number of halogens is 3. The van der Waals surface area contributed by atoms with Gasteiger partial charge < -0.3 is 4.74 Å². The molecule has 0 bridgehead atoms. The Kier molecular flexibility index (Phi) is 3.41. The highest BCUT2D eigenvalue weighted by molar-refractivity contribution is 14.1. The number of ether oxygens (including phenoxy) is 1. The lowest BCUT2D eigenvalue weighted by atomic mass is 10.1. The summed E-state index contributed by atoms with van der Waals surface area (Å²) in [7, 11) is 0. The van der Waals surface area contributed by atoms with E-state index < -0.39 is 11.8 Å². The molecule has 1 aromatic rings. The molecule has 1 unspecified atom stereocenters. The average Bonchev–Trinajstić information content (AvgIpc) is 2.47. The molecular weight excluding hydrogens is 349 g/mol. The molecule has 0 aliphatic carbocycles. The van der Waals surface area contributed by atoms with Gasteiger partial charge in [-0.25, -0.2) is 0 Å². The van der Waals surface area contributed by atoms with Crippen LogP contribution < -0.4 is 0 Å². The summed E-state index contributed by atoms with van der Waals surface area (Å²) in [6.45, 7) is 1.32. The van der Waals surface area contributed by atoms with E-state index in [2.05, 4.69) is 35.2 Å². The maximum Gasteiger partial charge on any atom is 0.239 e. The van der Waals surface area contributed by atoms with E-state index in [1.165, 1.54) is 0 Å². The molecule has 0 spiro atoms. The minimum Gasteiger partial charge on any atom is -0.324 e. The SMILES string of the molecule is Cc1cc(I)ccc1C1(S)OCN(F)N1F. The van der Waals surface area contributed by atoms with Crippen LogP contribution in [0.3, 0.4) is 0 Å². The van der Waals surface area contributed by atoms with Gasteiger partial charge in [0.25, 0.3) is 0 Å². The largest absolute Gasteiger partial charge is 0.324 e. The van der Waals surface area contributed by atoms with Crippen molar-refractivity contribution in [3.8, 4) is 0 Å². The Labute approximate surface area is 111 Å². The number of aryl methyl sites for hydroxylation is 1. The quantitative estimate of drug-likeness (QED) is 0.472. The van der Waals surface area contributed by atoms with Crippen molar-refractivity contribution in [2.24, 2.45) is 0 Å². The second-order valence-corrected chi connectivity index (χ2v) is 5.29. The molecule has 1 aliphatic rings. The minimum absolute atomic E-state index is 0.161. The molecule has 0 saturated carbocycles.